The molecule has 1 N–H and O–H groups in total. The second-order valence-electron chi connectivity index (χ2n) is 2.35. The van der Waals surface area contributed by atoms with Gasteiger partial charge >= 0.3 is 0 Å². The highest BCUT2D eigenvalue weighted by molar-refractivity contribution is 6.45. The quantitative estimate of drug-likeness (QED) is 0.375. The van der Waals surface area contributed by atoms with Gasteiger partial charge in [-0.25, -0.2) is 0 Å². The summed E-state index contributed by atoms with van der Waals surface area (Å²) in [6, 6.07) is 0. The molecule has 0 heterocycles. The smallest absolute Gasteiger partial charge is 0.231 e. The minimum atomic E-state index is -1.09. The van der Waals surface area contributed by atoms with E-state index in [1.807, 2.05) is 0 Å². The van der Waals surface area contributed by atoms with E-state index in [9.17, 15) is 9.59 Å². The Labute approximate surface area is 58.4 Å². The number of rotatable bonds is 0. The maximum atomic E-state index is 10.7. The monoisotopic (exact) mass is 140 g/mol. The summed E-state index contributed by atoms with van der Waals surface area (Å²) in [4.78, 5) is 21.4. The van der Waals surface area contributed by atoms with Crippen LogP contribution in [0.5, 0.6) is 0 Å². The zero-order valence-corrected chi connectivity index (χ0v) is 5.46. The number of carbonyl (C=O) groups is 2. The van der Waals surface area contributed by atoms with Crippen LogP contribution in [0.25, 0.3) is 0 Å². The van der Waals surface area contributed by atoms with Crippen molar-refractivity contribution < 1.29 is 14.7 Å². The topological polar surface area (TPSA) is 54.4 Å². The summed E-state index contributed by atoms with van der Waals surface area (Å²) < 4.78 is 0. The third-order valence-corrected chi connectivity index (χ3v) is 1.57. The highest BCUT2D eigenvalue weighted by Crippen LogP contribution is 2.15. The Hall–Kier alpha value is -0.960. The molecule has 54 valence electrons. The largest absolute Gasteiger partial charge is 0.385 e. The van der Waals surface area contributed by atoms with E-state index < -0.39 is 17.7 Å². The lowest BCUT2D eigenvalue weighted by Crippen LogP contribution is -2.33. The standard InChI is InChI=1S/C7H8O3/c1-4-2-3-5(8)7(10)6(4)9/h5,8H,1-3H2. The number of ketones is 2. The lowest BCUT2D eigenvalue weighted by Gasteiger charge is -2.14. The number of aliphatic hydroxyl groups is 1. The van der Waals surface area contributed by atoms with Crippen LogP contribution in [0.2, 0.25) is 0 Å². The highest BCUT2D eigenvalue weighted by Gasteiger charge is 2.29. The molecule has 1 fully saturated rings. The molecule has 0 aromatic rings. The van der Waals surface area contributed by atoms with Gasteiger partial charge in [-0.05, 0) is 18.4 Å². The molecule has 0 spiro atoms. The molecule has 1 atom stereocenters. The fourth-order valence-electron chi connectivity index (χ4n) is 0.881. The number of hydrogen-bond donors (Lipinski definition) is 1. The normalized spacial score (nSPS) is 27.3. The number of aliphatic hydroxyl groups excluding tert-OH is 1. The molecule has 3 nitrogen and oxygen atoms in total. The highest BCUT2D eigenvalue weighted by atomic mass is 16.3. The van der Waals surface area contributed by atoms with Gasteiger partial charge in [0.05, 0.1) is 0 Å². The number of hydrogen-bond acceptors (Lipinski definition) is 3. The van der Waals surface area contributed by atoms with Gasteiger partial charge in [-0.1, -0.05) is 6.58 Å². The van der Waals surface area contributed by atoms with Gasteiger partial charge in [0, 0.05) is 0 Å². The van der Waals surface area contributed by atoms with Crippen molar-refractivity contribution in [2.75, 3.05) is 0 Å². The van der Waals surface area contributed by atoms with E-state index >= 15 is 0 Å². The molecule has 10 heavy (non-hydrogen) atoms. The minimum Gasteiger partial charge on any atom is -0.385 e. The Balaban J connectivity index is 2.80. The van der Waals surface area contributed by atoms with Crippen molar-refractivity contribution in [2.45, 2.75) is 18.9 Å². The maximum absolute atomic E-state index is 10.7. The molecule has 0 aromatic heterocycles. The van der Waals surface area contributed by atoms with E-state index in [1.165, 1.54) is 0 Å². The van der Waals surface area contributed by atoms with Crippen molar-refractivity contribution in [2.24, 2.45) is 0 Å². The third-order valence-electron chi connectivity index (χ3n) is 1.57. The van der Waals surface area contributed by atoms with Crippen molar-refractivity contribution in [1.29, 1.82) is 0 Å². The van der Waals surface area contributed by atoms with Crippen LogP contribution in [0, 0.1) is 0 Å². The number of Topliss-reactive ketones (excluding diaryl/α,β-unsaturated/α-hetero) is 2. The summed E-state index contributed by atoms with van der Waals surface area (Å²) in [7, 11) is 0. The average molecular weight is 140 g/mol. The van der Waals surface area contributed by atoms with E-state index in [-0.39, 0.29) is 0 Å². The molecule has 1 unspecified atom stereocenters. The Kier molecular flexibility index (Phi) is 1.68. The van der Waals surface area contributed by atoms with Crippen LogP contribution in [0.1, 0.15) is 12.8 Å². The first kappa shape index (κ1) is 7.15. The Bertz CT molecular complexity index is 205. The summed E-state index contributed by atoms with van der Waals surface area (Å²) >= 11 is 0. The van der Waals surface area contributed by atoms with Gasteiger partial charge in [0.1, 0.15) is 6.10 Å². The summed E-state index contributed by atoms with van der Waals surface area (Å²) in [6.07, 6.45) is -0.312. The van der Waals surface area contributed by atoms with Gasteiger partial charge in [0.15, 0.2) is 0 Å². The predicted molar refractivity (Wildman–Crippen MR) is 34.4 cm³/mol. The van der Waals surface area contributed by atoms with Crippen molar-refractivity contribution in [3.63, 3.8) is 0 Å². The summed E-state index contributed by atoms with van der Waals surface area (Å²) in [5.41, 5.74) is 0.315. The van der Waals surface area contributed by atoms with Gasteiger partial charge in [-0.15, -0.1) is 0 Å². The molecule has 0 saturated heterocycles. The van der Waals surface area contributed by atoms with E-state index in [4.69, 9.17) is 5.11 Å². The molecule has 0 aliphatic heterocycles. The van der Waals surface area contributed by atoms with E-state index in [0.717, 1.165) is 0 Å². The summed E-state index contributed by atoms with van der Waals surface area (Å²) in [5.74, 6) is -1.32. The number of allylic oxidation sites excluding steroid dienone is 1. The first-order chi connectivity index (χ1) is 4.63. The second-order valence-corrected chi connectivity index (χ2v) is 2.35. The van der Waals surface area contributed by atoms with Crippen LogP contribution in [0.4, 0.5) is 0 Å². The first-order valence-electron chi connectivity index (χ1n) is 3.07. The van der Waals surface area contributed by atoms with E-state index in [2.05, 4.69) is 6.58 Å². The zero-order valence-electron chi connectivity index (χ0n) is 5.46. The summed E-state index contributed by atoms with van der Waals surface area (Å²) in [5, 5.41) is 8.85. The minimum absolute atomic E-state index is 0.315. The molecule has 3 heteroatoms. The third kappa shape index (κ3) is 0.998. The Morgan fingerprint density at radius 2 is 2.10 bits per heavy atom. The lowest BCUT2D eigenvalue weighted by atomic mass is 9.91. The SMILES string of the molecule is C=C1CCC(O)C(=O)C1=O. The van der Waals surface area contributed by atoms with E-state index in [0.29, 0.717) is 18.4 Å². The summed E-state index contributed by atoms with van der Waals surface area (Å²) in [6.45, 7) is 3.40. The van der Waals surface area contributed by atoms with Crippen molar-refractivity contribution >= 4 is 11.6 Å². The van der Waals surface area contributed by atoms with Crippen LogP contribution in [0.15, 0.2) is 12.2 Å². The van der Waals surface area contributed by atoms with Crippen molar-refractivity contribution in [3.05, 3.63) is 12.2 Å². The first-order valence-corrected chi connectivity index (χ1v) is 3.07. The predicted octanol–water partition coefficient (Wildman–Crippen LogP) is -0.165. The van der Waals surface area contributed by atoms with Crippen LogP contribution < -0.4 is 0 Å². The number of carbonyl (C=O) groups excluding carboxylic acids is 2. The van der Waals surface area contributed by atoms with Gasteiger partial charge in [0.2, 0.25) is 11.6 Å². The molecular weight excluding hydrogens is 132 g/mol. The van der Waals surface area contributed by atoms with Crippen LogP contribution >= 0.6 is 0 Å². The fraction of sp³-hybridized carbons (Fsp3) is 0.429. The maximum Gasteiger partial charge on any atom is 0.231 e. The van der Waals surface area contributed by atoms with Crippen molar-refractivity contribution in [3.8, 4) is 0 Å². The second kappa shape index (κ2) is 2.34. The van der Waals surface area contributed by atoms with Gasteiger partial charge in [-0.2, -0.15) is 0 Å². The average Bonchev–Trinajstić information content (AvgIpc) is 1.93. The van der Waals surface area contributed by atoms with Crippen LogP contribution in [0.3, 0.4) is 0 Å². The molecule has 0 bridgehead atoms. The van der Waals surface area contributed by atoms with E-state index in [1.54, 1.807) is 0 Å². The lowest BCUT2D eigenvalue weighted by molar-refractivity contribution is -0.141. The Morgan fingerprint density at radius 1 is 1.50 bits per heavy atom. The molecular formula is C7H8O3. The molecule has 1 aliphatic carbocycles. The van der Waals surface area contributed by atoms with Crippen molar-refractivity contribution in [1.82, 2.24) is 0 Å². The Morgan fingerprint density at radius 3 is 2.60 bits per heavy atom. The van der Waals surface area contributed by atoms with Crippen LogP contribution in [-0.2, 0) is 9.59 Å². The molecule has 0 aromatic carbocycles. The van der Waals surface area contributed by atoms with Gasteiger partial charge in [0.25, 0.3) is 0 Å². The molecule has 0 amide bonds. The van der Waals surface area contributed by atoms with Crippen LogP contribution in [-0.4, -0.2) is 22.8 Å². The fourth-order valence-corrected chi connectivity index (χ4v) is 0.881. The molecule has 1 saturated carbocycles. The van der Waals surface area contributed by atoms with Gasteiger partial charge in [-0.3, -0.25) is 9.59 Å². The molecule has 1 rings (SSSR count). The zero-order chi connectivity index (χ0) is 7.72. The van der Waals surface area contributed by atoms with Gasteiger partial charge < -0.3 is 5.11 Å². The molecule has 0 radical (unpaired) electrons. The molecule has 1 aliphatic rings.